The number of nitrogens with zero attached hydrogens (tertiary/aromatic N) is 1. The molecule has 0 radical (unpaired) electrons. The molecule has 2 atom stereocenters. The lowest BCUT2D eigenvalue weighted by Crippen LogP contribution is -2.50. The summed E-state index contributed by atoms with van der Waals surface area (Å²) in [5.41, 5.74) is -0.312. The molecule has 1 N–H and O–H groups in total. The minimum Gasteiger partial charge on any atom is -0.312 e. The van der Waals surface area contributed by atoms with Gasteiger partial charge in [0.05, 0.1) is 5.41 Å². The molecule has 20 heavy (non-hydrogen) atoms. The highest BCUT2D eigenvalue weighted by atomic mass is 16.2. The van der Waals surface area contributed by atoms with Crippen molar-refractivity contribution in [3.05, 3.63) is 0 Å². The highest BCUT2D eigenvalue weighted by Gasteiger charge is 2.52. The Morgan fingerprint density at radius 1 is 1.25 bits per heavy atom. The number of likely N-dealkylation sites (tertiary alicyclic amines) is 1. The minimum atomic E-state index is -0.312. The monoisotopic (exact) mass is 278 g/mol. The number of hydrogen-bond donors (Lipinski definition) is 1. The Labute approximate surface area is 121 Å². The van der Waals surface area contributed by atoms with Crippen LogP contribution < -0.4 is 5.32 Å². The fourth-order valence-corrected chi connectivity index (χ4v) is 4.41. The molecule has 1 spiro atoms. The summed E-state index contributed by atoms with van der Waals surface area (Å²) in [6, 6.07) is 0.304. The van der Waals surface area contributed by atoms with E-state index in [0.717, 1.165) is 38.6 Å². The second-order valence-corrected chi connectivity index (χ2v) is 6.84. The molecule has 2 heterocycles. The Kier molecular flexibility index (Phi) is 3.85. The normalized spacial score (nSPS) is 33.4. The predicted octanol–water partition coefficient (Wildman–Crippen LogP) is 2.08. The summed E-state index contributed by atoms with van der Waals surface area (Å²) in [5, 5.41) is 3.52. The van der Waals surface area contributed by atoms with Gasteiger partial charge in [0.1, 0.15) is 0 Å². The van der Waals surface area contributed by atoms with E-state index in [0.29, 0.717) is 24.9 Å². The second-order valence-electron chi connectivity index (χ2n) is 6.84. The van der Waals surface area contributed by atoms with Crippen molar-refractivity contribution in [2.24, 2.45) is 11.3 Å². The molecule has 0 aromatic rings. The van der Waals surface area contributed by atoms with Crippen LogP contribution in [-0.4, -0.2) is 35.8 Å². The maximum absolute atomic E-state index is 12.7. The molecule has 2 amide bonds. The molecule has 3 aliphatic rings. The van der Waals surface area contributed by atoms with Crippen LogP contribution in [0.5, 0.6) is 0 Å². The summed E-state index contributed by atoms with van der Waals surface area (Å²) in [7, 11) is 0. The second kappa shape index (κ2) is 5.47. The largest absolute Gasteiger partial charge is 0.312 e. The first-order chi connectivity index (χ1) is 9.66. The van der Waals surface area contributed by atoms with E-state index in [1.165, 1.54) is 12.8 Å². The van der Waals surface area contributed by atoms with E-state index in [9.17, 15) is 9.59 Å². The van der Waals surface area contributed by atoms with Gasteiger partial charge in [0.2, 0.25) is 11.8 Å². The van der Waals surface area contributed by atoms with Gasteiger partial charge in [-0.15, -0.1) is 0 Å². The van der Waals surface area contributed by atoms with Crippen LogP contribution in [0.15, 0.2) is 0 Å². The maximum atomic E-state index is 12.7. The third-order valence-corrected chi connectivity index (χ3v) is 5.68. The van der Waals surface area contributed by atoms with Crippen molar-refractivity contribution in [1.29, 1.82) is 0 Å². The highest BCUT2D eigenvalue weighted by molar-refractivity contribution is 6.06. The number of carbonyl (C=O) groups is 2. The lowest BCUT2D eigenvalue weighted by molar-refractivity contribution is -0.142. The lowest BCUT2D eigenvalue weighted by atomic mass is 9.84. The van der Waals surface area contributed by atoms with Crippen LogP contribution in [0.25, 0.3) is 0 Å². The van der Waals surface area contributed by atoms with E-state index in [4.69, 9.17) is 0 Å². The number of amides is 2. The topological polar surface area (TPSA) is 49.4 Å². The van der Waals surface area contributed by atoms with Gasteiger partial charge in [-0.2, -0.15) is 0 Å². The standard InChI is InChI=1S/C16H26N2O2/c1-2-12-6-5-9-17-13(12)11-18-14(19)10-16(15(18)20)7-3-4-8-16/h12-13,17H,2-11H2,1H3. The number of carbonyl (C=O) groups excluding carboxylic acids is 2. The van der Waals surface area contributed by atoms with Gasteiger partial charge in [0, 0.05) is 19.0 Å². The van der Waals surface area contributed by atoms with Crippen LogP contribution in [0.4, 0.5) is 0 Å². The van der Waals surface area contributed by atoms with E-state index in [1.54, 1.807) is 4.90 Å². The predicted molar refractivity (Wildman–Crippen MR) is 77.0 cm³/mol. The zero-order valence-corrected chi connectivity index (χ0v) is 12.5. The molecule has 0 bridgehead atoms. The van der Waals surface area contributed by atoms with Crippen molar-refractivity contribution < 1.29 is 9.59 Å². The van der Waals surface area contributed by atoms with E-state index in [2.05, 4.69) is 12.2 Å². The molecule has 2 unspecified atom stereocenters. The molecule has 1 aliphatic carbocycles. The number of nitrogens with one attached hydrogen (secondary N) is 1. The van der Waals surface area contributed by atoms with Crippen molar-refractivity contribution in [2.45, 2.75) is 64.3 Å². The summed E-state index contributed by atoms with van der Waals surface area (Å²) in [4.78, 5) is 26.6. The van der Waals surface area contributed by atoms with E-state index >= 15 is 0 Å². The summed E-state index contributed by atoms with van der Waals surface area (Å²) in [6.07, 6.45) is 8.07. The quantitative estimate of drug-likeness (QED) is 0.804. The average Bonchev–Trinajstić information content (AvgIpc) is 3.01. The Balaban J connectivity index is 1.70. The van der Waals surface area contributed by atoms with Crippen molar-refractivity contribution >= 4 is 11.8 Å². The van der Waals surface area contributed by atoms with Crippen molar-refractivity contribution in [3.8, 4) is 0 Å². The van der Waals surface area contributed by atoms with Crippen LogP contribution in [0.1, 0.15) is 58.3 Å². The van der Waals surface area contributed by atoms with Crippen LogP contribution in [0, 0.1) is 11.3 Å². The molecular weight excluding hydrogens is 252 g/mol. The zero-order chi connectivity index (χ0) is 14.2. The van der Waals surface area contributed by atoms with E-state index in [-0.39, 0.29) is 17.2 Å². The molecule has 2 saturated heterocycles. The molecule has 3 rings (SSSR count). The average molecular weight is 278 g/mol. The number of imide groups is 1. The molecule has 0 aromatic carbocycles. The van der Waals surface area contributed by atoms with Gasteiger partial charge in [-0.3, -0.25) is 14.5 Å². The first-order valence-electron chi connectivity index (χ1n) is 8.24. The fraction of sp³-hybridized carbons (Fsp3) is 0.875. The minimum absolute atomic E-state index is 0.0686. The molecule has 112 valence electrons. The highest BCUT2D eigenvalue weighted by Crippen LogP contribution is 2.47. The smallest absolute Gasteiger partial charge is 0.235 e. The van der Waals surface area contributed by atoms with Gasteiger partial charge in [0.15, 0.2) is 0 Å². The van der Waals surface area contributed by atoms with Gasteiger partial charge in [-0.05, 0) is 38.1 Å². The number of hydrogen-bond acceptors (Lipinski definition) is 3. The maximum Gasteiger partial charge on any atom is 0.235 e. The number of piperidine rings is 1. The van der Waals surface area contributed by atoms with Gasteiger partial charge in [-0.25, -0.2) is 0 Å². The summed E-state index contributed by atoms with van der Waals surface area (Å²) in [6.45, 7) is 3.82. The SMILES string of the molecule is CCC1CCCNC1CN1C(=O)CC2(CCCC2)C1=O. The lowest BCUT2D eigenvalue weighted by Gasteiger charge is -2.34. The third-order valence-electron chi connectivity index (χ3n) is 5.68. The molecule has 4 heteroatoms. The zero-order valence-electron chi connectivity index (χ0n) is 12.5. The Morgan fingerprint density at radius 2 is 2.00 bits per heavy atom. The van der Waals surface area contributed by atoms with E-state index in [1.807, 2.05) is 0 Å². The molecule has 0 aromatic heterocycles. The van der Waals surface area contributed by atoms with Crippen molar-refractivity contribution in [2.75, 3.05) is 13.1 Å². The molecular formula is C16H26N2O2. The van der Waals surface area contributed by atoms with Gasteiger partial charge in [-0.1, -0.05) is 26.2 Å². The molecule has 3 fully saturated rings. The summed E-state index contributed by atoms with van der Waals surface area (Å²) >= 11 is 0. The Hall–Kier alpha value is -0.900. The third kappa shape index (κ3) is 2.28. The Bertz CT molecular complexity index is 401. The first kappa shape index (κ1) is 14.1. The van der Waals surface area contributed by atoms with Crippen LogP contribution >= 0.6 is 0 Å². The first-order valence-corrected chi connectivity index (χ1v) is 8.24. The van der Waals surface area contributed by atoms with Crippen molar-refractivity contribution in [3.63, 3.8) is 0 Å². The fourth-order valence-electron chi connectivity index (χ4n) is 4.41. The molecule has 1 saturated carbocycles. The van der Waals surface area contributed by atoms with Gasteiger partial charge < -0.3 is 5.32 Å². The van der Waals surface area contributed by atoms with Gasteiger partial charge in [0.25, 0.3) is 0 Å². The summed E-state index contributed by atoms with van der Waals surface area (Å²) < 4.78 is 0. The number of rotatable bonds is 3. The van der Waals surface area contributed by atoms with Crippen LogP contribution in [0.3, 0.4) is 0 Å². The molecule has 4 nitrogen and oxygen atoms in total. The van der Waals surface area contributed by atoms with Crippen molar-refractivity contribution in [1.82, 2.24) is 10.2 Å². The van der Waals surface area contributed by atoms with E-state index < -0.39 is 0 Å². The molecule has 2 aliphatic heterocycles. The Morgan fingerprint density at radius 3 is 2.70 bits per heavy atom. The van der Waals surface area contributed by atoms with Crippen LogP contribution in [-0.2, 0) is 9.59 Å². The summed E-state index contributed by atoms with van der Waals surface area (Å²) in [5.74, 6) is 0.797. The van der Waals surface area contributed by atoms with Crippen LogP contribution in [0.2, 0.25) is 0 Å². The van der Waals surface area contributed by atoms with Gasteiger partial charge >= 0.3 is 0 Å².